The number of halogens is 1. The summed E-state index contributed by atoms with van der Waals surface area (Å²) in [6.45, 7) is 1.93. The maximum Gasteiger partial charge on any atom is 0.339 e. The summed E-state index contributed by atoms with van der Waals surface area (Å²) in [5.74, 6) is -0.427. The Morgan fingerprint density at radius 3 is 2.59 bits per heavy atom. The van der Waals surface area contributed by atoms with Crippen LogP contribution in [0.3, 0.4) is 0 Å². The molecule has 0 radical (unpaired) electrons. The van der Waals surface area contributed by atoms with Crippen molar-refractivity contribution in [3.05, 3.63) is 58.6 Å². The van der Waals surface area contributed by atoms with E-state index in [0.29, 0.717) is 21.4 Å². The van der Waals surface area contributed by atoms with Crippen molar-refractivity contribution in [1.29, 1.82) is 0 Å². The maximum absolute atomic E-state index is 11.7. The first-order valence-corrected chi connectivity index (χ1v) is 7.31. The first-order valence-electron chi connectivity index (χ1n) is 6.52. The van der Waals surface area contributed by atoms with Gasteiger partial charge in [-0.25, -0.2) is 4.79 Å². The van der Waals surface area contributed by atoms with E-state index in [1.165, 1.54) is 7.11 Å². The van der Waals surface area contributed by atoms with Crippen LogP contribution in [0.4, 0.5) is 11.4 Å². The summed E-state index contributed by atoms with van der Waals surface area (Å²) in [4.78, 5) is 11.7. The average molecular weight is 335 g/mol. The van der Waals surface area contributed by atoms with E-state index in [1.54, 1.807) is 30.3 Å². The molecule has 2 rings (SSSR count). The first-order chi connectivity index (χ1) is 10.5. The van der Waals surface area contributed by atoms with E-state index < -0.39 is 5.97 Å². The van der Waals surface area contributed by atoms with Crippen LogP contribution >= 0.6 is 23.8 Å². The van der Waals surface area contributed by atoms with Gasteiger partial charge in [-0.1, -0.05) is 29.8 Å². The van der Waals surface area contributed by atoms with Gasteiger partial charge >= 0.3 is 5.97 Å². The third kappa shape index (κ3) is 3.96. The van der Waals surface area contributed by atoms with Crippen LogP contribution in [0, 0.1) is 6.92 Å². The topological polar surface area (TPSA) is 50.4 Å². The van der Waals surface area contributed by atoms with E-state index in [2.05, 4.69) is 10.6 Å². The zero-order valence-electron chi connectivity index (χ0n) is 12.1. The van der Waals surface area contributed by atoms with E-state index >= 15 is 0 Å². The fourth-order valence-corrected chi connectivity index (χ4v) is 2.24. The number of para-hydroxylation sites is 1. The van der Waals surface area contributed by atoms with Crippen molar-refractivity contribution >= 4 is 46.3 Å². The van der Waals surface area contributed by atoms with Gasteiger partial charge < -0.3 is 15.4 Å². The van der Waals surface area contributed by atoms with Crippen molar-refractivity contribution in [3.63, 3.8) is 0 Å². The van der Waals surface area contributed by atoms with Gasteiger partial charge in [0.1, 0.15) is 0 Å². The van der Waals surface area contributed by atoms with E-state index in [-0.39, 0.29) is 0 Å². The molecule has 2 aromatic carbocycles. The molecule has 6 heteroatoms. The molecule has 0 aliphatic heterocycles. The normalized spacial score (nSPS) is 9.95. The standard InChI is InChI=1S/C16H15ClN2O2S/c1-10-7-8-11(9-13(10)17)18-16(22)19-14-6-4-3-5-12(14)15(20)21-2/h3-9H,1-2H3,(H2,18,19,22). The molecule has 0 aliphatic carbocycles. The lowest BCUT2D eigenvalue weighted by Crippen LogP contribution is -2.20. The van der Waals surface area contributed by atoms with Crippen molar-refractivity contribution in [3.8, 4) is 0 Å². The number of ether oxygens (including phenoxy) is 1. The average Bonchev–Trinajstić information content (AvgIpc) is 2.50. The summed E-state index contributed by atoms with van der Waals surface area (Å²) >= 11 is 11.3. The molecular weight excluding hydrogens is 320 g/mol. The molecule has 0 bridgehead atoms. The van der Waals surface area contributed by atoms with E-state index in [0.717, 1.165) is 11.3 Å². The molecular formula is C16H15ClN2O2S. The molecule has 0 amide bonds. The number of benzene rings is 2. The van der Waals surface area contributed by atoms with Gasteiger partial charge in [-0.3, -0.25) is 0 Å². The molecule has 2 aromatic rings. The Labute approximate surface area is 139 Å². The SMILES string of the molecule is COC(=O)c1ccccc1NC(=S)Nc1ccc(C)c(Cl)c1. The Balaban J connectivity index is 2.12. The van der Waals surface area contributed by atoms with E-state index in [9.17, 15) is 4.79 Å². The zero-order chi connectivity index (χ0) is 16.1. The fraction of sp³-hybridized carbons (Fsp3) is 0.125. The Hall–Kier alpha value is -2.11. The zero-order valence-corrected chi connectivity index (χ0v) is 13.7. The quantitative estimate of drug-likeness (QED) is 0.649. The second kappa shape index (κ2) is 7.24. The molecule has 0 atom stereocenters. The molecule has 22 heavy (non-hydrogen) atoms. The number of esters is 1. The van der Waals surface area contributed by atoms with Gasteiger partial charge in [0, 0.05) is 10.7 Å². The Morgan fingerprint density at radius 1 is 1.18 bits per heavy atom. The van der Waals surface area contributed by atoms with Crippen molar-refractivity contribution < 1.29 is 9.53 Å². The van der Waals surface area contributed by atoms with Crippen LogP contribution in [0.25, 0.3) is 0 Å². The van der Waals surface area contributed by atoms with Crippen LogP contribution in [0.15, 0.2) is 42.5 Å². The monoisotopic (exact) mass is 334 g/mol. The molecule has 114 valence electrons. The first kappa shape index (κ1) is 16.3. The summed E-state index contributed by atoms with van der Waals surface area (Å²) < 4.78 is 4.75. The van der Waals surface area contributed by atoms with Crippen LogP contribution in [-0.4, -0.2) is 18.2 Å². The van der Waals surface area contributed by atoms with Gasteiger partial charge in [0.25, 0.3) is 0 Å². The highest BCUT2D eigenvalue weighted by Gasteiger charge is 2.12. The number of anilines is 2. The van der Waals surface area contributed by atoms with Gasteiger partial charge in [0.05, 0.1) is 18.4 Å². The second-order valence-electron chi connectivity index (χ2n) is 4.58. The molecule has 0 heterocycles. The second-order valence-corrected chi connectivity index (χ2v) is 5.40. The Morgan fingerprint density at radius 2 is 1.91 bits per heavy atom. The predicted molar refractivity (Wildman–Crippen MR) is 93.8 cm³/mol. The number of nitrogens with one attached hydrogen (secondary N) is 2. The highest BCUT2D eigenvalue weighted by atomic mass is 35.5. The van der Waals surface area contributed by atoms with Crippen LogP contribution in [0.1, 0.15) is 15.9 Å². The molecule has 0 aliphatic rings. The lowest BCUT2D eigenvalue weighted by molar-refractivity contribution is 0.0602. The van der Waals surface area contributed by atoms with Crippen LogP contribution in [0.5, 0.6) is 0 Å². The molecule has 0 saturated heterocycles. The third-order valence-electron chi connectivity index (χ3n) is 3.01. The predicted octanol–water partition coefficient (Wildman–Crippen LogP) is 4.24. The number of thiocarbonyl (C=S) groups is 1. The lowest BCUT2D eigenvalue weighted by atomic mass is 10.2. The molecule has 4 nitrogen and oxygen atoms in total. The highest BCUT2D eigenvalue weighted by Crippen LogP contribution is 2.21. The highest BCUT2D eigenvalue weighted by molar-refractivity contribution is 7.80. The number of aryl methyl sites for hydroxylation is 1. The smallest absolute Gasteiger partial charge is 0.339 e. The minimum atomic E-state index is -0.427. The number of hydrogen-bond donors (Lipinski definition) is 2. The lowest BCUT2D eigenvalue weighted by Gasteiger charge is -2.13. The number of carbonyl (C=O) groups is 1. The van der Waals surface area contributed by atoms with Crippen LogP contribution in [-0.2, 0) is 4.74 Å². The summed E-state index contributed by atoms with van der Waals surface area (Å²) in [6.07, 6.45) is 0. The van der Waals surface area contributed by atoms with Gasteiger partial charge in [-0.05, 0) is 49.0 Å². The summed E-state index contributed by atoms with van der Waals surface area (Å²) in [5, 5.41) is 7.02. The summed E-state index contributed by atoms with van der Waals surface area (Å²) in [5.41, 5.74) is 2.74. The third-order valence-corrected chi connectivity index (χ3v) is 3.62. The number of carbonyl (C=O) groups excluding carboxylic acids is 1. The van der Waals surface area contributed by atoms with Crippen molar-refractivity contribution in [2.75, 3.05) is 17.7 Å². The summed E-state index contributed by atoms with van der Waals surface area (Å²) in [6, 6.07) is 12.5. The van der Waals surface area contributed by atoms with E-state index in [1.807, 2.05) is 19.1 Å². The molecule has 0 saturated carbocycles. The van der Waals surface area contributed by atoms with Crippen LogP contribution < -0.4 is 10.6 Å². The number of rotatable bonds is 3. The van der Waals surface area contributed by atoms with Gasteiger partial charge in [-0.2, -0.15) is 0 Å². The largest absolute Gasteiger partial charge is 0.465 e. The Kier molecular flexibility index (Phi) is 5.35. The van der Waals surface area contributed by atoms with Gasteiger partial charge in [0.2, 0.25) is 0 Å². The number of hydrogen-bond acceptors (Lipinski definition) is 3. The van der Waals surface area contributed by atoms with Gasteiger partial charge in [0.15, 0.2) is 5.11 Å². The molecule has 0 aromatic heterocycles. The van der Waals surface area contributed by atoms with Gasteiger partial charge in [-0.15, -0.1) is 0 Å². The Bertz CT molecular complexity index is 719. The fourth-order valence-electron chi connectivity index (χ4n) is 1.84. The van der Waals surface area contributed by atoms with Crippen LogP contribution in [0.2, 0.25) is 5.02 Å². The van der Waals surface area contributed by atoms with Crippen molar-refractivity contribution in [2.45, 2.75) is 6.92 Å². The molecule has 2 N–H and O–H groups in total. The minimum Gasteiger partial charge on any atom is -0.465 e. The molecule has 0 spiro atoms. The van der Waals surface area contributed by atoms with Crippen molar-refractivity contribution in [2.24, 2.45) is 0 Å². The number of methoxy groups -OCH3 is 1. The molecule has 0 unspecified atom stereocenters. The van der Waals surface area contributed by atoms with Crippen molar-refractivity contribution in [1.82, 2.24) is 0 Å². The minimum absolute atomic E-state index is 0.358. The molecule has 0 fully saturated rings. The summed E-state index contributed by atoms with van der Waals surface area (Å²) in [7, 11) is 1.34. The van der Waals surface area contributed by atoms with E-state index in [4.69, 9.17) is 28.6 Å². The maximum atomic E-state index is 11.7.